The number of hydrogen-bond acceptors (Lipinski definition) is 5. The van der Waals surface area contributed by atoms with Crippen molar-refractivity contribution in [2.75, 3.05) is 37.3 Å². The van der Waals surface area contributed by atoms with Gasteiger partial charge in [0.1, 0.15) is 17.5 Å². The maximum atomic E-state index is 5.79. The Hall–Kier alpha value is -1.36. The molecule has 1 aromatic heterocycles. The molecule has 0 bridgehead atoms. The number of hydrogen-bond donors (Lipinski definition) is 1. The van der Waals surface area contributed by atoms with Gasteiger partial charge in [0.15, 0.2) is 0 Å². The van der Waals surface area contributed by atoms with Gasteiger partial charge in [0, 0.05) is 25.2 Å². The number of nitrogens with zero attached hydrogens (tertiary/aromatic N) is 4. The highest BCUT2D eigenvalue weighted by molar-refractivity contribution is 5.47. The predicted molar refractivity (Wildman–Crippen MR) is 70.1 cm³/mol. The number of likely N-dealkylation sites (N-methyl/N-ethyl adjacent to an activating group) is 1. The molecule has 1 saturated heterocycles. The van der Waals surface area contributed by atoms with E-state index in [1.54, 1.807) is 0 Å². The lowest BCUT2D eigenvalue weighted by molar-refractivity contribution is 0.337. The lowest BCUT2D eigenvalue weighted by Crippen LogP contribution is -2.38. The molecule has 1 aromatic rings. The predicted octanol–water partition coefficient (Wildman–Crippen LogP) is 0.898. The Morgan fingerprint density at radius 1 is 1.35 bits per heavy atom. The molecular formula is C12H21N5. The monoisotopic (exact) mass is 235 g/mol. The van der Waals surface area contributed by atoms with E-state index < -0.39 is 0 Å². The smallest absolute Gasteiger partial charge is 0.134 e. The number of nitrogen functional groups attached to an aromatic ring is 1. The quantitative estimate of drug-likeness (QED) is 0.783. The standard InChI is InChI=1S/C12H21N5/c1-9-8-16(3)5-4-6-17(9)12-7-11(13)14-10(2)15-12/h7,9H,4-6,8H2,1-3H3,(H2,13,14,15). The molecule has 0 amide bonds. The molecule has 0 aromatic carbocycles. The van der Waals surface area contributed by atoms with Crippen molar-refractivity contribution < 1.29 is 0 Å². The topological polar surface area (TPSA) is 58.3 Å². The molecule has 1 unspecified atom stereocenters. The van der Waals surface area contributed by atoms with Gasteiger partial charge in [-0.15, -0.1) is 0 Å². The molecule has 0 aliphatic carbocycles. The minimum atomic E-state index is 0.455. The molecule has 5 heteroatoms. The van der Waals surface area contributed by atoms with Crippen molar-refractivity contribution in [2.45, 2.75) is 26.3 Å². The van der Waals surface area contributed by atoms with Crippen LogP contribution in [-0.4, -0.2) is 47.6 Å². The lowest BCUT2D eigenvalue weighted by atomic mass is 10.2. The molecule has 0 saturated carbocycles. The van der Waals surface area contributed by atoms with Crippen LogP contribution in [0.25, 0.3) is 0 Å². The normalized spacial score (nSPS) is 22.5. The van der Waals surface area contributed by atoms with Gasteiger partial charge in [-0.1, -0.05) is 0 Å². The van der Waals surface area contributed by atoms with E-state index in [0.717, 1.165) is 37.7 Å². The minimum absolute atomic E-state index is 0.455. The number of rotatable bonds is 1. The average molecular weight is 235 g/mol. The summed E-state index contributed by atoms with van der Waals surface area (Å²) in [7, 11) is 2.17. The van der Waals surface area contributed by atoms with Crippen molar-refractivity contribution in [1.29, 1.82) is 0 Å². The average Bonchev–Trinajstić information content (AvgIpc) is 2.37. The van der Waals surface area contributed by atoms with E-state index in [0.29, 0.717) is 11.9 Å². The molecule has 94 valence electrons. The van der Waals surface area contributed by atoms with Crippen LogP contribution >= 0.6 is 0 Å². The summed E-state index contributed by atoms with van der Waals surface area (Å²) in [6.45, 7) is 7.34. The fourth-order valence-corrected chi connectivity index (χ4v) is 2.43. The third kappa shape index (κ3) is 2.85. The first-order valence-electron chi connectivity index (χ1n) is 6.12. The fourth-order valence-electron chi connectivity index (χ4n) is 2.43. The van der Waals surface area contributed by atoms with Crippen LogP contribution in [0.1, 0.15) is 19.2 Å². The van der Waals surface area contributed by atoms with Gasteiger partial charge in [-0.3, -0.25) is 0 Å². The summed E-state index contributed by atoms with van der Waals surface area (Å²) in [5, 5.41) is 0. The summed E-state index contributed by atoms with van der Waals surface area (Å²) < 4.78 is 0. The molecule has 1 atom stereocenters. The molecule has 2 N–H and O–H groups in total. The van der Waals surface area contributed by atoms with Crippen molar-refractivity contribution in [3.63, 3.8) is 0 Å². The Balaban J connectivity index is 2.25. The van der Waals surface area contributed by atoms with Crippen LogP contribution in [0.15, 0.2) is 6.07 Å². The largest absolute Gasteiger partial charge is 0.384 e. The van der Waals surface area contributed by atoms with Crippen LogP contribution in [0.2, 0.25) is 0 Å². The Morgan fingerprint density at radius 3 is 2.82 bits per heavy atom. The maximum absolute atomic E-state index is 5.79. The Labute approximate surface area is 103 Å². The van der Waals surface area contributed by atoms with E-state index in [1.165, 1.54) is 0 Å². The summed E-state index contributed by atoms with van der Waals surface area (Å²) >= 11 is 0. The van der Waals surface area contributed by atoms with Gasteiger partial charge >= 0.3 is 0 Å². The SMILES string of the molecule is Cc1nc(N)cc(N2CCCN(C)CC2C)n1. The van der Waals surface area contributed by atoms with Crippen LogP contribution in [0.5, 0.6) is 0 Å². The van der Waals surface area contributed by atoms with Crippen molar-refractivity contribution in [3.05, 3.63) is 11.9 Å². The van der Waals surface area contributed by atoms with E-state index >= 15 is 0 Å². The highest BCUT2D eigenvalue weighted by Gasteiger charge is 2.21. The number of nitrogens with two attached hydrogens (primary N) is 1. The zero-order chi connectivity index (χ0) is 12.4. The highest BCUT2D eigenvalue weighted by Crippen LogP contribution is 2.19. The maximum Gasteiger partial charge on any atom is 0.134 e. The zero-order valence-electron chi connectivity index (χ0n) is 10.8. The highest BCUT2D eigenvalue weighted by atomic mass is 15.3. The van der Waals surface area contributed by atoms with E-state index in [1.807, 2.05) is 13.0 Å². The number of aryl methyl sites for hydroxylation is 1. The molecule has 1 fully saturated rings. The number of anilines is 2. The molecule has 0 spiro atoms. The van der Waals surface area contributed by atoms with Crippen LogP contribution in [0, 0.1) is 6.92 Å². The van der Waals surface area contributed by atoms with Gasteiger partial charge in [-0.05, 0) is 33.9 Å². The minimum Gasteiger partial charge on any atom is -0.384 e. The number of aromatic nitrogens is 2. The molecule has 2 rings (SSSR count). The molecular weight excluding hydrogens is 214 g/mol. The van der Waals surface area contributed by atoms with Crippen LogP contribution in [0.4, 0.5) is 11.6 Å². The summed E-state index contributed by atoms with van der Waals surface area (Å²) in [4.78, 5) is 13.3. The second-order valence-electron chi connectivity index (χ2n) is 4.86. The molecule has 5 nitrogen and oxygen atoms in total. The van der Waals surface area contributed by atoms with E-state index in [-0.39, 0.29) is 0 Å². The molecule has 17 heavy (non-hydrogen) atoms. The van der Waals surface area contributed by atoms with Crippen LogP contribution in [0.3, 0.4) is 0 Å². The van der Waals surface area contributed by atoms with E-state index in [4.69, 9.17) is 5.73 Å². The Kier molecular flexibility index (Phi) is 3.47. The first-order chi connectivity index (χ1) is 8.06. The van der Waals surface area contributed by atoms with Gasteiger partial charge in [-0.25, -0.2) is 9.97 Å². The molecule has 1 aliphatic heterocycles. The second kappa shape index (κ2) is 4.87. The Morgan fingerprint density at radius 2 is 2.12 bits per heavy atom. The van der Waals surface area contributed by atoms with E-state index in [2.05, 4.69) is 33.7 Å². The van der Waals surface area contributed by atoms with Gasteiger partial charge < -0.3 is 15.5 Å². The van der Waals surface area contributed by atoms with Gasteiger partial charge in [0.25, 0.3) is 0 Å². The third-order valence-electron chi connectivity index (χ3n) is 3.19. The van der Waals surface area contributed by atoms with Crippen LogP contribution in [-0.2, 0) is 0 Å². The van der Waals surface area contributed by atoms with Crippen molar-refractivity contribution >= 4 is 11.6 Å². The summed E-state index contributed by atoms with van der Waals surface area (Å²) in [6.07, 6.45) is 1.16. The molecule has 1 aliphatic rings. The van der Waals surface area contributed by atoms with Crippen molar-refractivity contribution in [1.82, 2.24) is 14.9 Å². The van der Waals surface area contributed by atoms with Gasteiger partial charge in [0.2, 0.25) is 0 Å². The lowest BCUT2D eigenvalue weighted by Gasteiger charge is -2.29. The van der Waals surface area contributed by atoms with Crippen molar-refractivity contribution in [3.8, 4) is 0 Å². The first kappa shape index (κ1) is 12.1. The fraction of sp³-hybridized carbons (Fsp3) is 0.667. The zero-order valence-corrected chi connectivity index (χ0v) is 10.8. The van der Waals surface area contributed by atoms with Crippen LogP contribution < -0.4 is 10.6 Å². The summed E-state index contributed by atoms with van der Waals surface area (Å²) in [6, 6.07) is 2.32. The van der Waals surface area contributed by atoms with Crippen molar-refractivity contribution in [2.24, 2.45) is 0 Å². The van der Waals surface area contributed by atoms with E-state index in [9.17, 15) is 0 Å². The molecule has 2 heterocycles. The third-order valence-corrected chi connectivity index (χ3v) is 3.19. The molecule has 0 radical (unpaired) electrons. The van der Waals surface area contributed by atoms with Gasteiger partial charge in [-0.2, -0.15) is 0 Å². The summed E-state index contributed by atoms with van der Waals surface area (Å²) in [5.74, 6) is 2.25. The summed E-state index contributed by atoms with van der Waals surface area (Å²) in [5.41, 5.74) is 5.79. The Bertz CT molecular complexity index is 372. The first-order valence-corrected chi connectivity index (χ1v) is 6.12. The second-order valence-corrected chi connectivity index (χ2v) is 4.86. The van der Waals surface area contributed by atoms with Gasteiger partial charge in [0.05, 0.1) is 0 Å².